The average Bonchev–Trinajstić information content (AvgIpc) is 2.60. The molecule has 0 saturated carbocycles. The highest BCUT2D eigenvalue weighted by atomic mass is 31.2. The summed E-state index contributed by atoms with van der Waals surface area (Å²) < 4.78 is 40.0. The van der Waals surface area contributed by atoms with Crippen molar-refractivity contribution in [2.75, 3.05) is 6.16 Å². The Kier molecular flexibility index (Phi) is 6.49. The molecule has 2 aromatic rings. The molecule has 0 spiro atoms. The van der Waals surface area contributed by atoms with E-state index in [4.69, 9.17) is 0 Å². The quantitative estimate of drug-likeness (QED) is 0.435. The molecule has 0 aliphatic heterocycles. The van der Waals surface area contributed by atoms with Crippen LogP contribution < -0.4 is 10.6 Å². The summed E-state index contributed by atoms with van der Waals surface area (Å²) in [5.74, 6) is -0.768. The topological polar surface area (TPSA) is 37.3 Å². The van der Waals surface area contributed by atoms with Gasteiger partial charge >= 0.3 is 0 Å². The van der Waals surface area contributed by atoms with E-state index in [1.54, 1.807) is 6.08 Å². The molecule has 0 radical (unpaired) electrons. The van der Waals surface area contributed by atoms with E-state index in [1.165, 1.54) is 66.8 Å². The summed E-state index contributed by atoms with van der Waals surface area (Å²) in [6.07, 6.45) is 6.82. The van der Waals surface area contributed by atoms with Crippen LogP contribution in [0.25, 0.3) is 0 Å². The first kappa shape index (κ1) is 18.9. The summed E-state index contributed by atoms with van der Waals surface area (Å²) >= 11 is 0. The Balaban J connectivity index is 2.31. The van der Waals surface area contributed by atoms with Crippen LogP contribution in [-0.2, 0) is 4.57 Å². The van der Waals surface area contributed by atoms with Crippen molar-refractivity contribution in [1.82, 2.24) is 0 Å². The molecule has 5 heteroatoms. The van der Waals surface area contributed by atoms with Gasteiger partial charge in [0.2, 0.25) is 0 Å². The predicted octanol–water partition coefficient (Wildman–Crippen LogP) is 4.85. The minimum absolute atomic E-state index is 0.0494. The van der Waals surface area contributed by atoms with Gasteiger partial charge in [0.1, 0.15) is 24.5 Å². The van der Waals surface area contributed by atoms with E-state index in [9.17, 15) is 18.5 Å². The average molecular weight is 360 g/mol. The number of halogens is 2. The molecule has 0 bridgehead atoms. The smallest absolute Gasteiger partial charge is 0.143 e. The van der Waals surface area contributed by atoms with E-state index >= 15 is 0 Å². The second-order valence-corrected chi connectivity index (χ2v) is 8.39. The molecule has 0 amide bonds. The van der Waals surface area contributed by atoms with Crippen LogP contribution in [0.5, 0.6) is 0 Å². The van der Waals surface area contributed by atoms with Gasteiger partial charge in [-0.3, -0.25) is 0 Å². The summed E-state index contributed by atoms with van der Waals surface area (Å²) in [5.41, 5.74) is 0. The molecule has 0 aliphatic rings. The molecule has 2 nitrogen and oxygen atoms in total. The van der Waals surface area contributed by atoms with Crippen LogP contribution in [0.1, 0.15) is 6.42 Å². The van der Waals surface area contributed by atoms with Gasteiger partial charge in [-0.2, -0.15) is 0 Å². The summed E-state index contributed by atoms with van der Waals surface area (Å²) in [6.45, 7) is 3.49. The first-order valence-corrected chi connectivity index (χ1v) is 9.64. The Bertz CT molecular complexity index is 772. The molecule has 0 saturated heterocycles. The van der Waals surface area contributed by atoms with E-state index in [-0.39, 0.29) is 11.9 Å². The Morgan fingerprint density at radius 2 is 1.48 bits per heavy atom. The molecular weight excluding hydrogens is 341 g/mol. The molecule has 0 aliphatic carbocycles. The lowest BCUT2D eigenvalue weighted by Crippen LogP contribution is -2.18. The molecule has 0 heterocycles. The Hall–Kier alpha value is -2.45. The van der Waals surface area contributed by atoms with E-state index in [2.05, 4.69) is 6.58 Å². The Morgan fingerprint density at radius 3 is 1.92 bits per heavy atom. The van der Waals surface area contributed by atoms with Crippen molar-refractivity contribution in [3.8, 4) is 0 Å². The number of aliphatic hydroxyl groups is 1. The van der Waals surface area contributed by atoms with Gasteiger partial charge in [0, 0.05) is 16.8 Å². The van der Waals surface area contributed by atoms with Crippen molar-refractivity contribution in [1.29, 1.82) is 0 Å². The van der Waals surface area contributed by atoms with Crippen molar-refractivity contribution < 1.29 is 18.5 Å². The second-order valence-electron chi connectivity index (χ2n) is 5.43. The van der Waals surface area contributed by atoms with Gasteiger partial charge in [0.15, 0.2) is 0 Å². The van der Waals surface area contributed by atoms with E-state index < -0.39 is 18.8 Å². The number of hydrogen-bond acceptors (Lipinski definition) is 2. The van der Waals surface area contributed by atoms with Crippen LogP contribution in [-0.4, -0.2) is 11.3 Å². The fourth-order valence-electron chi connectivity index (χ4n) is 2.41. The third kappa shape index (κ3) is 5.01. The van der Waals surface area contributed by atoms with Gasteiger partial charge in [0.05, 0.1) is 0 Å². The fraction of sp³-hybridized carbons (Fsp3) is 0.100. The Labute approximate surface area is 146 Å². The van der Waals surface area contributed by atoms with Crippen LogP contribution in [0.15, 0.2) is 85.2 Å². The maximum Gasteiger partial charge on any atom is 0.143 e. The number of aliphatic hydroxyl groups excluding tert-OH is 1. The van der Waals surface area contributed by atoms with Gasteiger partial charge in [-0.1, -0.05) is 18.7 Å². The van der Waals surface area contributed by atoms with Gasteiger partial charge in [0.25, 0.3) is 0 Å². The number of benzene rings is 2. The molecule has 2 rings (SSSR count). The summed E-state index contributed by atoms with van der Waals surface area (Å²) in [7, 11) is -3.04. The first-order valence-electron chi connectivity index (χ1n) is 7.75. The summed E-state index contributed by atoms with van der Waals surface area (Å²) in [4.78, 5) is 0. The first-order chi connectivity index (χ1) is 12.0. The van der Waals surface area contributed by atoms with E-state index in [0.29, 0.717) is 17.0 Å². The molecule has 25 heavy (non-hydrogen) atoms. The molecule has 0 unspecified atom stereocenters. The normalized spacial score (nSPS) is 12.5. The molecule has 1 N–H and O–H groups in total. The molecule has 0 aromatic heterocycles. The number of rotatable bonds is 7. The van der Waals surface area contributed by atoms with Gasteiger partial charge in [-0.05, 0) is 67.1 Å². The highest BCUT2D eigenvalue weighted by Crippen LogP contribution is 2.44. The van der Waals surface area contributed by atoms with Gasteiger partial charge < -0.3 is 9.67 Å². The zero-order valence-electron chi connectivity index (χ0n) is 13.6. The molecule has 0 atom stereocenters. The van der Waals surface area contributed by atoms with Crippen LogP contribution in [0.2, 0.25) is 0 Å². The van der Waals surface area contributed by atoms with Gasteiger partial charge in [-0.25, -0.2) is 8.78 Å². The molecule has 130 valence electrons. The van der Waals surface area contributed by atoms with Crippen molar-refractivity contribution in [2.45, 2.75) is 6.42 Å². The van der Waals surface area contributed by atoms with Crippen LogP contribution >= 0.6 is 7.14 Å². The summed E-state index contributed by atoms with van der Waals surface area (Å²) in [6, 6.07) is 11.0. The standard InChI is InChI=1S/C20H19F2O2P/c1-2-5-18(23)6-3-4-15-25(24,19-11-7-16(21)8-12-19)20-13-9-17(22)10-14-20/h2-3,5-14,23H,1,4,15H2/b6-3-,18-5+. The zero-order valence-corrected chi connectivity index (χ0v) is 14.5. The van der Waals surface area contributed by atoms with Crippen molar-refractivity contribution >= 4 is 17.8 Å². The van der Waals surface area contributed by atoms with Gasteiger partial charge in [-0.15, -0.1) is 0 Å². The van der Waals surface area contributed by atoms with E-state index in [0.717, 1.165) is 0 Å². The van der Waals surface area contributed by atoms with E-state index in [1.807, 2.05) is 0 Å². The molecular formula is C20H19F2O2P. The lowest BCUT2D eigenvalue weighted by Gasteiger charge is -2.18. The minimum Gasteiger partial charge on any atom is -0.508 e. The highest BCUT2D eigenvalue weighted by Gasteiger charge is 2.26. The third-order valence-electron chi connectivity index (χ3n) is 3.68. The Morgan fingerprint density at radius 1 is 1.00 bits per heavy atom. The third-order valence-corrected chi connectivity index (χ3v) is 6.83. The predicted molar refractivity (Wildman–Crippen MR) is 99.2 cm³/mol. The van der Waals surface area contributed by atoms with Crippen LogP contribution in [0.3, 0.4) is 0 Å². The van der Waals surface area contributed by atoms with Crippen molar-refractivity contribution in [3.05, 3.63) is 96.8 Å². The van der Waals surface area contributed by atoms with Crippen LogP contribution in [0, 0.1) is 11.6 Å². The van der Waals surface area contributed by atoms with Crippen molar-refractivity contribution in [2.24, 2.45) is 0 Å². The largest absolute Gasteiger partial charge is 0.508 e. The number of allylic oxidation sites excluding steroid dienone is 4. The molecule has 2 aromatic carbocycles. The lowest BCUT2D eigenvalue weighted by atomic mass is 10.3. The maximum atomic E-state index is 13.6. The fourth-order valence-corrected chi connectivity index (χ4v) is 5.00. The lowest BCUT2D eigenvalue weighted by molar-refractivity contribution is 0.432. The number of hydrogen-bond donors (Lipinski definition) is 1. The zero-order chi connectivity index (χ0) is 18.3. The van der Waals surface area contributed by atoms with Crippen LogP contribution in [0.4, 0.5) is 8.78 Å². The second kappa shape index (κ2) is 8.59. The SMILES string of the molecule is C=C/C=C(O)\C=C/CCP(=O)(c1ccc(F)cc1)c1ccc(F)cc1. The summed E-state index contributed by atoms with van der Waals surface area (Å²) in [5, 5.41) is 10.6. The highest BCUT2D eigenvalue weighted by molar-refractivity contribution is 7.78. The monoisotopic (exact) mass is 360 g/mol. The minimum atomic E-state index is -3.04. The maximum absolute atomic E-state index is 13.6. The molecule has 0 fully saturated rings. The van der Waals surface area contributed by atoms with Crippen molar-refractivity contribution in [3.63, 3.8) is 0 Å².